The summed E-state index contributed by atoms with van der Waals surface area (Å²) >= 11 is 0. The Morgan fingerprint density at radius 1 is 1.50 bits per heavy atom. The molecule has 2 nitrogen and oxygen atoms in total. The lowest BCUT2D eigenvalue weighted by atomic mass is 10.1. The minimum absolute atomic E-state index is 0.573. The molecule has 0 atom stereocenters. The van der Waals surface area contributed by atoms with Gasteiger partial charge in [0, 0.05) is 6.54 Å². The molecule has 0 saturated carbocycles. The molecule has 0 aromatic heterocycles. The fourth-order valence-corrected chi connectivity index (χ4v) is 0.786. The first-order valence-corrected chi connectivity index (χ1v) is 3.92. The van der Waals surface area contributed by atoms with Crippen molar-refractivity contribution in [2.75, 3.05) is 6.54 Å². The Bertz CT molecular complexity index is 97.4. The molecule has 0 aromatic carbocycles. The summed E-state index contributed by atoms with van der Waals surface area (Å²) in [7, 11) is 0. The van der Waals surface area contributed by atoms with Gasteiger partial charge in [-0.05, 0) is 25.7 Å². The monoisotopic (exact) mass is 142 g/mol. The minimum atomic E-state index is 0.573. The van der Waals surface area contributed by atoms with E-state index in [9.17, 15) is 0 Å². The zero-order valence-corrected chi connectivity index (χ0v) is 7.20. The van der Waals surface area contributed by atoms with Crippen molar-refractivity contribution in [3.63, 3.8) is 0 Å². The molecule has 60 valence electrons. The van der Waals surface area contributed by atoms with E-state index in [1.54, 1.807) is 6.92 Å². The lowest BCUT2D eigenvalue weighted by Gasteiger charge is -2.05. The Morgan fingerprint density at radius 3 is 2.50 bits per heavy atom. The zero-order valence-electron chi connectivity index (χ0n) is 7.20. The highest BCUT2D eigenvalue weighted by molar-refractivity contribution is 5.75. The lowest BCUT2D eigenvalue weighted by Crippen LogP contribution is -2.20. The Labute approximate surface area is 63.5 Å². The maximum atomic E-state index is 7.07. The van der Waals surface area contributed by atoms with Gasteiger partial charge >= 0.3 is 0 Å². The van der Waals surface area contributed by atoms with Crippen molar-refractivity contribution in [2.45, 2.75) is 33.6 Å². The van der Waals surface area contributed by atoms with Gasteiger partial charge in [-0.3, -0.25) is 5.41 Å². The minimum Gasteiger partial charge on any atom is -0.374 e. The van der Waals surface area contributed by atoms with Crippen LogP contribution in [-0.4, -0.2) is 12.4 Å². The molecule has 10 heavy (non-hydrogen) atoms. The van der Waals surface area contributed by atoms with Crippen LogP contribution < -0.4 is 5.32 Å². The van der Waals surface area contributed by atoms with E-state index in [0.29, 0.717) is 5.84 Å². The average Bonchev–Trinajstić information content (AvgIpc) is 1.79. The largest absolute Gasteiger partial charge is 0.374 e. The van der Waals surface area contributed by atoms with Gasteiger partial charge in [0.05, 0.1) is 5.84 Å². The van der Waals surface area contributed by atoms with E-state index in [1.807, 2.05) is 0 Å². The average molecular weight is 142 g/mol. The van der Waals surface area contributed by atoms with Gasteiger partial charge in [-0.25, -0.2) is 0 Å². The smallest absolute Gasteiger partial charge is 0.0899 e. The van der Waals surface area contributed by atoms with Crippen LogP contribution in [0.5, 0.6) is 0 Å². The number of hydrogen-bond acceptors (Lipinski definition) is 1. The summed E-state index contributed by atoms with van der Waals surface area (Å²) in [5, 5.41) is 10.1. The molecule has 0 spiro atoms. The van der Waals surface area contributed by atoms with Gasteiger partial charge in [0.15, 0.2) is 0 Å². The highest BCUT2D eigenvalue weighted by atomic mass is 14.9. The van der Waals surface area contributed by atoms with E-state index in [4.69, 9.17) is 5.41 Å². The molecule has 0 amide bonds. The highest BCUT2D eigenvalue weighted by Crippen LogP contribution is 2.01. The molecule has 0 heterocycles. The molecule has 0 aliphatic heterocycles. The molecule has 0 bridgehead atoms. The molecule has 2 N–H and O–H groups in total. The van der Waals surface area contributed by atoms with E-state index < -0.39 is 0 Å². The second-order valence-corrected chi connectivity index (χ2v) is 3.09. The predicted octanol–water partition coefficient (Wildman–Crippen LogP) is 2.01. The fraction of sp³-hybridized carbons (Fsp3) is 0.875. The summed E-state index contributed by atoms with van der Waals surface area (Å²) < 4.78 is 0. The molecule has 2 heteroatoms. The molecule has 0 rings (SSSR count). The molecule has 0 radical (unpaired) electrons. The topological polar surface area (TPSA) is 35.9 Å². The van der Waals surface area contributed by atoms with Crippen molar-refractivity contribution in [1.29, 1.82) is 5.41 Å². The first-order valence-electron chi connectivity index (χ1n) is 3.92. The van der Waals surface area contributed by atoms with Crippen LogP contribution in [0.25, 0.3) is 0 Å². The summed E-state index contributed by atoms with van der Waals surface area (Å²) in [6.07, 6.45) is 2.42. The van der Waals surface area contributed by atoms with Crippen LogP contribution >= 0.6 is 0 Å². The fourth-order valence-electron chi connectivity index (χ4n) is 0.786. The van der Waals surface area contributed by atoms with Crippen molar-refractivity contribution in [3.05, 3.63) is 0 Å². The second kappa shape index (κ2) is 5.27. The molecule has 0 fully saturated rings. The van der Waals surface area contributed by atoms with Crippen LogP contribution in [0, 0.1) is 11.3 Å². The van der Waals surface area contributed by atoms with Crippen LogP contribution in [0.1, 0.15) is 33.6 Å². The van der Waals surface area contributed by atoms with Crippen molar-refractivity contribution in [2.24, 2.45) is 5.92 Å². The van der Waals surface area contributed by atoms with Gasteiger partial charge in [-0.1, -0.05) is 13.8 Å². The summed E-state index contributed by atoms with van der Waals surface area (Å²) in [5.41, 5.74) is 0. The Morgan fingerprint density at radius 2 is 2.10 bits per heavy atom. The third kappa shape index (κ3) is 7.47. The number of amidine groups is 1. The molecule has 0 aliphatic rings. The Hall–Kier alpha value is -0.530. The standard InChI is InChI=1S/C8H18N2/c1-7(2)5-4-6-10-8(3)9/h7H,4-6H2,1-3H3,(H2,9,10). The van der Waals surface area contributed by atoms with Crippen LogP contribution in [-0.2, 0) is 0 Å². The first-order chi connectivity index (χ1) is 4.63. The van der Waals surface area contributed by atoms with E-state index in [0.717, 1.165) is 12.5 Å². The summed E-state index contributed by atoms with van der Waals surface area (Å²) in [5.74, 6) is 1.36. The summed E-state index contributed by atoms with van der Waals surface area (Å²) in [6, 6.07) is 0. The first kappa shape index (κ1) is 9.47. The van der Waals surface area contributed by atoms with Crippen LogP contribution in [0.2, 0.25) is 0 Å². The maximum absolute atomic E-state index is 7.07. The van der Waals surface area contributed by atoms with Crippen LogP contribution in [0.4, 0.5) is 0 Å². The molecule has 0 aliphatic carbocycles. The number of nitrogens with one attached hydrogen (secondary N) is 2. The van der Waals surface area contributed by atoms with E-state index in [2.05, 4.69) is 19.2 Å². The molecule has 0 unspecified atom stereocenters. The third-order valence-corrected chi connectivity index (χ3v) is 1.35. The van der Waals surface area contributed by atoms with Gasteiger partial charge in [0.2, 0.25) is 0 Å². The van der Waals surface area contributed by atoms with Crippen molar-refractivity contribution < 1.29 is 0 Å². The van der Waals surface area contributed by atoms with Crippen molar-refractivity contribution >= 4 is 5.84 Å². The van der Waals surface area contributed by atoms with E-state index in [1.165, 1.54) is 12.8 Å². The molecule has 0 aromatic rings. The Kier molecular flexibility index (Phi) is 4.99. The lowest BCUT2D eigenvalue weighted by molar-refractivity contribution is 0.551. The van der Waals surface area contributed by atoms with Gasteiger partial charge in [-0.2, -0.15) is 0 Å². The van der Waals surface area contributed by atoms with Crippen LogP contribution in [0.3, 0.4) is 0 Å². The van der Waals surface area contributed by atoms with Crippen molar-refractivity contribution in [3.8, 4) is 0 Å². The SMILES string of the molecule is CC(=N)NCCCC(C)C. The van der Waals surface area contributed by atoms with E-state index in [-0.39, 0.29) is 0 Å². The summed E-state index contributed by atoms with van der Waals surface area (Å²) in [4.78, 5) is 0. The normalized spacial score (nSPS) is 10.0. The predicted molar refractivity (Wildman–Crippen MR) is 45.5 cm³/mol. The number of rotatable bonds is 4. The van der Waals surface area contributed by atoms with Crippen molar-refractivity contribution in [1.82, 2.24) is 5.32 Å². The Balaban J connectivity index is 2.98. The highest BCUT2D eigenvalue weighted by Gasteiger charge is 1.92. The zero-order chi connectivity index (χ0) is 7.98. The number of hydrogen-bond donors (Lipinski definition) is 2. The van der Waals surface area contributed by atoms with Gasteiger partial charge in [0.1, 0.15) is 0 Å². The molecular weight excluding hydrogens is 124 g/mol. The van der Waals surface area contributed by atoms with Gasteiger partial charge < -0.3 is 5.32 Å². The quantitative estimate of drug-likeness (QED) is 0.351. The van der Waals surface area contributed by atoms with Gasteiger partial charge in [-0.15, -0.1) is 0 Å². The second-order valence-electron chi connectivity index (χ2n) is 3.09. The third-order valence-electron chi connectivity index (χ3n) is 1.35. The van der Waals surface area contributed by atoms with Gasteiger partial charge in [0.25, 0.3) is 0 Å². The van der Waals surface area contributed by atoms with Crippen LogP contribution in [0.15, 0.2) is 0 Å². The molecular formula is C8H18N2. The van der Waals surface area contributed by atoms with E-state index >= 15 is 0 Å². The summed E-state index contributed by atoms with van der Waals surface area (Å²) in [6.45, 7) is 7.16. The maximum Gasteiger partial charge on any atom is 0.0899 e. The molecule has 0 saturated heterocycles.